The Kier molecular flexibility index (Phi) is 4.21. The minimum atomic E-state index is -0.520. The van der Waals surface area contributed by atoms with Crippen LogP contribution in [-0.2, 0) is 0 Å². The highest BCUT2D eigenvalue weighted by atomic mass is 16.6. The Balaban J connectivity index is 3.06. The molecule has 0 aliphatic carbocycles. The lowest BCUT2D eigenvalue weighted by atomic mass is 10.0. The molecule has 0 bridgehead atoms. The van der Waals surface area contributed by atoms with E-state index in [1.165, 1.54) is 19.2 Å². The molecule has 0 unspecified atom stereocenters. The molecule has 1 aromatic carbocycles. The van der Waals surface area contributed by atoms with Crippen molar-refractivity contribution in [3.63, 3.8) is 0 Å². The topological polar surface area (TPSA) is 98.6 Å². The molecule has 88 valence electrons. The van der Waals surface area contributed by atoms with Gasteiger partial charge in [-0.25, -0.2) is 0 Å². The van der Waals surface area contributed by atoms with Gasteiger partial charge in [0.05, 0.1) is 12.0 Å². The van der Waals surface area contributed by atoms with E-state index in [-0.39, 0.29) is 18.0 Å². The Morgan fingerprint density at radius 1 is 1.62 bits per heavy atom. The quantitative estimate of drug-likeness (QED) is 0.576. The number of ether oxygens (including phenoxy) is 1. The summed E-state index contributed by atoms with van der Waals surface area (Å²) in [5.74, 6) is 0.199. The van der Waals surface area contributed by atoms with Crippen molar-refractivity contribution >= 4 is 5.69 Å². The molecule has 0 heterocycles. The van der Waals surface area contributed by atoms with Crippen LogP contribution in [0.3, 0.4) is 0 Å². The lowest BCUT2D eigenvalue weighted by molar-refractivity contribution is -0.385. The van der Waals surface area contributed by atoms with Gasteiger partial charge in [0.2, 0.25) is 0 Å². The maximum absolute atomic E-state index is 10.7. The predicted octanol–water partition coefficient (Wildman–Crippen LogP) is 0.986. The zero-order chi connectivity index (χ0) is 12.1. The lowest BCUT2D eigenvalue weighted by Crippen LogP contribution is -2.12. The first-order valence-corrected chi connectivity index (χ1v) is 4.79. The Morgan fingerprint density at radius 3 is 2.81 bits per heavy atom. The molecule has 1 rings (SSSR count). The van der Waals surface area contributed by atoms with Gasteiger partial charge in [-0.15, -0.1) is 0 Å². The molecule has 3 N–H and O–H groups in total. The number of benzene rings is 1. The highest BCUT2D eigenvalue weighted by molar-refractivity contribution is 5.49. The number of nitro benzene ring substituents is 1. The van der Waals surface area contributed by atoms with Crippen molar-refractivity contribution in [1.82, 2.24) is 0 Å². The molecule has 1 atom stereocenters. The molecule has 0 aliphatic heterocycles. The van der Waals surface area contributed by atoms with E-state index in [2.05, 4.69) is 0 Å². The average molecular weight is 226 g/mol. The van der Waals surface area contributed by atoms with Crippen LogP contribution in [-0.4, -0.2) is 23.7 Å². The van der Waals surface area contributed by atoms with Crippen molar-refractivity contribution in [3.05, 3.63) is 33.9 Å². The summed E-state index contributed by atoms with van der Waals surface area (Å²) in [6.07, 6.45) is 0.365. The van der Waals surface area contributed by atoms with Gasteiger partial charge < -0.3 is 15.6 Å². The second kappa shape index (κ2) is 5.43. The first-order chi connectivity index (χ1) is 7.60. The van der Waals surface area contributed by atoms with Gasteiger partial charge in [0, 0.05) is 18.7 Å². The van der Waals surface area contributed by atoms with E-state index in [4.69, 9.17) is 15.6 Å². The van der Waals surface area contributed by atoms with Gasteiger partial charge in [0.1, 0.15) is 0 Å². The maximum atomic E-state index is 10.7. The van der Waals surface area contributed by atoms with Crippen LogP contribution in [0.5, 0.6) is 5.75 Å². The standard InChI is InChI=1S/C10H14N2O4/c1-16-10-3-2-7(8(11)4-5-13)6-9(10)12(14)15/h2-3,6,8,13H,4-5,11H2,1H3/t8-/m1/s1. The zero-order valence-corrected chi connectivity index (χ0v) is 8.92. The summed E-state index contributed by atoms with van der Waals surface area (Å²) in [5, 5.41) is 19.5. The second-order valence-corrected chi connectivity index (χ2v) is 3.31. The molecule has 0 aromatic heterocycles. The van der Waals surface area contributed by atoms with Gasteiger partial charge in [0.15, 0.2) is 5.75 Å². The maximum Gasteiger partial charge on any atom is 0.311 e. The van der Waals surface area contributed by atoms with Crippen LogP contribution in [0.2, 0.25) is 0 Å². The normalized spacial score (nSPS) is 12.2. The fourth-order valence-corrected chi connectivity index (χ4v) is 1.39. The molecule has 16 heavy (non-hydrogen) atoms. The van der Waals surface area contributed by atoms with Crippen LogP contribution in [0.4, 0.5) is 5.69 Å². The van der Waals surface area contributed by atoms with Crippen molar-refractivity contribution in [3.8, 4) is 5.75 Å². The second-order valence-electron chi connectivity index (χ2n) is 3.31. The van der Waals surface area contributed by atoms with Crippen molar-refractivity contribution in [1.29, 1.82) is 0 Å². The summed E-state index contributed by atoms with van der Waals surface area (Å²) in [6, 6.07) is 4.13. The van der Waals surface area contributed by atoms with Crippen LogP contribution < -0.4 is 10.5 Å². The SMILES string of the molecule is COc1ccc([C@H](N)CCO)cc1[N+](=O)[O-]. The number of rotatable bonds is 5. The van der Waals surface area contributed by atoms with Crippen LogP contribution in [0.25, 0.3) is 0 Å². The van der Waals surface area contributed by atoms with E-state index in [1.807, 2.05) is 0 Å². The minimum Gasteiger partial charge on any atom is -0.490 e. The Bertz CT molecular complexity index is 381. The van der Waals surface area contributed by atoms with E-state index in [1.54, 1.807) is 6.07 Å². The third kappa shape index (κ3) is 2.68. The van der Waals surface area contributed by atoms with Crippen LogP contribution in [0.1, 0.15) is 18.0 Å². The number of nitrogens with two attached hydrogens (primary N) is 1. The molecule has 0 radical (unpaired) electrons. The molecule has 0 saturated heterocycles. The molecule has 0 saturated carbocycles. The van der Waals surface area contributed by atoms with Crippen molar-refractivity contribution < 1.29 is 14.8 Å². The Hall–Kier alpha value is -1.66. The summed E-state index contributed by atoms with van der Waals surface area (Å²) >= 11 is 0. The number of hydrogen-bond acceptors (Lipinski definition) is 5. The fourth-order valence-electron chi connectivity index (χ4n) is 1.39. The lowest BCUT2D eigenvalue weighted by Gasteiger charge is -2.11. The molecule has 6 heteroatoms. The monoisotopic (exact) mass is 226 g/mol. The number of methoxy groups -OCH3 is 1. The molecule has 6 nitrogen and oxygen atoms in total. The van der Waals surface area contributed by atoms with Gasteiger partial charge >= 0.3 is 5.69 Å². The van der Waals surface area contributed by atoms with Crippen molar-refractivity contribution in [2.45, 2.75) is 12.5 Å². The first-order valence-electron chi connectivity index (χ1n) is 4.79. The van der Waals surface area contributed by atoms with Gasteiger partial charge in [-0.2, -0.15) is 0 Å². The summed E-state index contributed by atoms with van der Waals surface area (Å²) < 4.78 is 4.87. The third-order valence-corrected chi connectivity index (χ3v) is 2.27. The van der Waals surface area contributed by atoms with E-state index < -0.39 is 11.0 Å². The number of aliphatic hydroxyl groups is 1. The number of aliphatic hydroxyl groups excluding tert-OH is 1. The van der Waals surface area contributed by atoms with E-state index in [0.717, 1.165) is 0 Å². The van der Waals surface area contributed by atoms with Crippen LogP contribution in [0.15, 0.2) is 18.2 Å². The summed E-state index contributed by atoms with van der Waals surface area (Å²) in [7, 11) is 1.37. The molecule has 0 spiro atoms. The molecular weight excluding hydrogens is 212 g/mol. The van der Waals surface area contributed by atoms with E-state index >= 15 is 0 Å². The number of nitro groups is 1. The predicted molar refractivity (Wildman–Crippen MR) is 58.3 cm³/mol. The Labute approximate surface area is 92.8 Å². The van der Waals surface area contributed by atoms with E-state index in [0.29, 0.717) is 12.0 Å². The fraction of sp³-hybridized carbons (Fsp3) is 0.400. The highest BCUT2D eigenvalue weighted by Gasteiger charge is 2.17. The summed E-state index contributed by atoms with van der Waals surface area (Å²) in [5.41, 5.74) is 6.24. The van der Waals surface area contributed by atoms with E-state index in [9.17, 15) is 10.1 Å². The van der Waals surface area contributed by atoms with Crippen LogP contribution >= 0.6 is 0 Å². The number of hydrogen-bond donors (Lipinski definition) is 2. The molecular formula is C10H14N2O4. The highest BCUT2D eigenvalue weighted by Crippen LogP contribution is 2.29. The largest absolute Gasteiger partial charge is 0.490 e. The first kappa shape index (κ1) is 12.4. The van der Waals surface area contributed by atoms with Gasteiger partial charge in [-0.1, -0.05) is 6.07 Å². The molecule has 0 fully saturated rings. The molecule has 0 amide bonds. The molecule has 1 aromatic rings. The minimum absolute atomic E-state index is 0.0546. The van der Waals surface area contributed by atoms with Gasteiger partial charge in [-0.05, 0) is 18.1 Å². The van der Waals surface area contributed by atoms with Crippen LogP contribution in [0, 0.1) is 10.1 Å². The third-order valence-electron chi connectivity index (χ3n) is 2.27. The summed E-state index contributed by atoms with van der Waals surface area (Å²) in [4.78, 5) is 10.2. The smallest absolute Gasteiger partial charge is 0.311 e. The average Bonchev–Trinajstić information content (AvgIpc) is 2.28. The summed E-state index contributed by atoms with van der Waals surface area (Å²) in [6.45, 7) is -0.0546. The number of nitrogens with zero attached hydrogens (tertiary/aromatic N) is 1. The van der Waals surface area contributed by atoms with Gasteiger partial charge in [0.25, 0.3) is 0 Å². The van der Waals surface area contributed by atoms with Crippen molar-refractivity contribution in [2.24, 2.45) is 5.73 Å². The zero-order valence-electron chi connectivity index (χ0n) is 8.92. The van der Waals surface area contributed by atoms with Gasteiger partial charge in [-0.3, -0.25) is 10.1 Å². The molecule has 0 aliphatic rings. The Morgan fingerprint density at radius 2 is 2.31 bits per heavy atom. The van der Waals surface area contributed by atoms with Crippen molar-refractivity contribution in [2.75, 3.05) is 13.7 Å².